The van der Waals surface area contributed by atoms with Crippen molar-refractivity contribution < 1.29 is 68.7 Å². The number of aliphatic hydroxyl groups is 2. The van der Waals surface area contributed by atoms with Crippen LogP contribution in [0.5, 0.6) is 0 Å². The lowest BCUT2D eigenvalue weighted by atomic mass is 9.83. The molecule has 0 heterocycles. The lowest BCUT2D eigenvalue weighted by Gasteiger charge is -2.29. The van der Waals surface area contributed by atoms with Gasteiger partial charge in [-0.15, -0.1) is 0 Å². The highest BCUT2D eigenvalue weighted by Crippen LogP contribution is 2.33. The van der Waals surface area contributed by atoms with Gasteiger partial charge < -0.3 is 24.4 Å². The number of ether oxygens (including phenoxy) is 4. The average molecular weight is 538 g/mol. The standard InChI is InChI=1S/C20H31F9O6/c21-16(35-19(26,27)10-18(24,25)11-31)9-32-7-14-1-3-15(4-2-14)8-34-20(28,29)13-33-12-17(22,23)5-6-30/h14-16,30-31H,1-13H2. The SMILES string of the molecule is OCCC(F)(F)COCC(F)(F)OCC1CCC(COCC(F)OC(F)(F)CC(F)(F)CO)CC1. The number of halogens is 9. The second kappa shape index (κ2) is 14.2. The first kappa shape index (κ1) is 32.2. The van der Waals surface area contributed by atoms with Gasteiger partial charge in [-0.2, -0.15) is 17.6 Å². The molecule has 15 heteroatoms. The molecule has 0 saturated heterocycles. The number of hydrogen-bond donors (Lipinski definition) is 2. The van der Waals surface area contributed by atoms with Gasteiger partial charge in [-0.25, -0.2) is 22.0 Å². The smallest absolute Gasteiger partial charge is 0.379 e. The largest absolute Gasteiger partial charge is 0.396 e. The maximum atomic E-state index is 13.7. The summed E-state index contributed by atoms with van der Waals surface area (Å²) in [5, 5.41) is 16.8. The lowest BCUT2D eigenvalue weighted by Crippen LogP contribution is -2.37. The molecule has 1 atom stereocenters. The van der Waals surface area contributed by atoms with Gasteiger partial charge in [-0.3, -0.25) is 4.74 Å². The van der Waals surface area contributed by atoms with Gasteiger partial charge in [0, 0.05) is 19.6 Å². The van der Waals surface area contributed by atoms with Crippen molar-refractivity contribution in [2.45, 2.75) is 68.9 Å². The average Bonchev–Trinajstić information content (AvgIpc) is 2.71. The van der Waals surface area contributed by atoms with Gasteiger partial charge in [0.15, 0.2) is 0 Å². The van der Waals surface area contributed by atoms with Crippen LogP contribution in [-0.2, 0) is 18.9 Å². The molecule has 0 spiro atoms. The predicted molar refractivity (Wildman–Crippen MR) is 102 cm³/mol. The third-order valence-corrected chi connectivity index (χ3v) is 5.16. The topological polar surface area (TPSA) is 77.4 Å². The first-order valence-electron chi connectivity index (χ1n) is 10.9. The molecular formula is C20H31F9O6. The van der Waals surface area contributed by atoms with E-state index in [1.165, 1.54) is 0 Å². The molecule has 6 nitrogen and oxygen atoms in total. The number of alkyl halides is 9. The molecule has 0 aromatic heterocycles. The van der Waals surface area contributed by atoms with E-state index in [0.717, 1.165) is 0 Å². The highest BCUT2D eigenvalue weighted by atomic mass is 19.3. The molecule has 1 unspecified atom stereocenters. The Labute approximate surface area is 196 Å². The van der Waals surface area contributed by atoms with Crippen molar-refractivity contribution in [1.82, 2.24) is 0 Å². The van der Waals surface area contributed by atoms with Crippen LogP contribution in [0.1, 0.15) is 38.5 Å². The Balaban J connectivity index is 2.22. The Morgan fingerprint density at radius 3 is 1.86 bits per heavy atom. The summed E-state index contributed by atoms with van der Waals surface area (Å²) in [6, 6.07) is 0. The van der Waals surface area contributed by atoms with E-state index in [1.54, 1.807) is 0 Å². The molecule has 1 saturated carbocycles. The van der Waals surface area contributed by atoms with Crippen LogP contribution in [0.25, 0.3) is 0 Å². The third kappa shape index (κ3) is 14.5. The van der Waals surface area contributed by atoms with E-state index in [9.17, 15) is 39.5 Å². The first-order valence-corrected chi connectivity index (χ1v) is 10.9. The van der Waals surface area contributed by atoms with Crippen LogP contribution in [0.15, 0.2) is 0 Å². The van der Waals surface area contributed by atoms with Gasteiger partial charge in [0.2, 0.25) is 6.36 Å². The van der Waals surface area contributed by atoms with Crippen LogP contribution in [0.2, 0.25) is 0 Å². The Kier molecular flexibility index (Phi) is 13.0. The molecule has 2 N–H and O–H groups in total. The minimum Gasteiger partial charge on any atom is -0.396 e. The third-order valence-electron chi connectivity index (χ3n) is 5.16. The highest BCUT2D eigenvalue weighted by molar-refractivity contribution is 4.74. The van der Waals surface area contributed by atoms with Gasteiger partial charge in [0.25, 0.3) is 11.8 Å². The second-order valence-electron chi connectivity index (χ2n) is 8.55. The fourth-order valence-corrected chi connectivity index (χ4v) is 3.35. The Morgan fingerprint density at radius 1 is 0.743 bits per heavy atom. The van der Waals surface area contributed by atoms with Gasteiger partial charge >= 0.3 is 12.2 Å². The summed E-state index contributed by atoms with van der Waals surface area (Å²) in [7, 11) is 0. The number of hydrogen-bond acceptors (Lipinski definition) is 6. The zero-order valence-corrected chi connectivity index (χ0v) is 18.9. The molecule has 1 rings (SSSR count). The van der Waals surface area contributed by atoms with E-state index in [4.69, 9.17) is 14.9 Å². The van der Waals surface area contributed by atoms with Crippen LogP contribution in [0.3, 0.4) is 0 Å². The van der Waals surface area contributed by atoms with Crippen LogP contribution in [0, 0.1) is 11.8 Å². The van der Waals surface area contributed by atoms with Crippen LogP contribution < -0.4 is 0 Å². The summed E-state index contributed by atoms with van der Waals surface area (Å²) in [6.45, 7) is -6.67. The zero-order valence-electron chi connectivity index (χ0n) is 18.9. The molecule has 1 fully saturated rings. The monoisotopic (exact) mass is 538 g/mol. The maximum Gasteiger partial charge on any atom is 0.379 e. The Bertz CT molecular complexity index is 589. The molecule has 0 aromatic carbocycles. The van der Waals surface area contributed by atoms with E-state index >= 15 is 0 Å². The number of rotatable bonds is 18. The Morgan fingerprint density at radius 2 is 1.31 bits per heavy atom. The molecule has 0 aromatic rings. The predicted octanol–water partition coefficient (Wildman–Crippen LogP) is 4.38. The van der Waals surface area contributed by atoms with Gasteiger partial charge in [0.1, 0.15) is 32.8 Å². The quantitative estimate of drug-likeness (QED) is 0.253. The van der Waals surface area contributed by atoms with Gasteiger partial charge in [-0.05, 0) is 37.5 Å². The second-order valence-corrected chi connectivity index (χ2v) is 8.55. The summed E-state index contributed by atoms with van der Waals surface area (Å²) in [4.78, 5) is 0. The molecule has 0 bridgehead atoms. The van der Waals surface area contributed by atoms with E-state index in [0.29, 0.717) is 25.7 Å². The molecule has 0 aliphatic heterocycles. The van der Waals surface area contributed by atoms with E-state index < -0.39 is 76.3 Å². The molecule has 0 amide bonds. The molecule has 35 heavy (non-hydrogen) atoms. The van der Waals surface area contributed by atoms with Crippen molar-refractivity contribution in [1.29, 1.82) is 0 Å². The van der Waals surface area contributed by atoms with E-state index in [1.807, 2.05) is 0 Å². The van der Waals surface area contributed by atoms with Crippen molar-refractivity contribution in [3.05, 3.63) is 0 Å². The summed E-state index contributed by atoms with van der Waals surface area (Å²) in [5.41, 5.74) is 0. The molecule has 1 aliphatic rings. The summed E-state index contributed by atoms with van der Waals surface area (Å²) in [5.74, 6) is -7.97. The van der Waals surface area contributed by atoms with E-state index in [-0.39, 0.29) is 25.0 Å². The number of aliphatic hydroxyl groups excluding tert-OH is 2. The lowest BCUT2D eigenvalue weighted by molar-refractivity contribution is -0.318. The van der Waals surface area contributed by atoms with Crippen molar-refractivity contribution >= 4 is 0 Å². The van der Waals surface area contributed by atoms with Crippen molar-refractivity contribution in [2.75, 3.05) is 46.2 Å². The van der Waals surface area contributed by atoms with E-state index in [2.05, 4.69) is 14.2 Å². The first-order chi connectivity index (χ1) is 16.1. The molecule has 210 valence electrons. The van der Waals surface area contributed by atoms with Gasteiger partial charge in [-0.1, -0.05) is 0 Å². The fourth-order valence-electron chi connectivity index (χ4n) is 3.35. The highest BCUT2D eigenvalue weighted by Gasteiger charge is 2.45. The normalized spacial score (nSPS) is 21.3. The van der Waals surface area contributed by atoms with Crippen molar-refractivity contribution in [2.24, 2.45) is 11.8 Å². The molecular weight excluding hydrogens is 507 g/mol. The summed E-state index contributed by atoms with van der Waals surface area (Å²) in [6.07, 6.45) is -12.3. The van der Waals surface area contributed by atoms with Crippen LogP contribution >= 0.6 is 0 Å². The molecule has 1 aliphatic carbocycles. The van der Waals surface area contributed by atoms with Crippen molar-refractivity contribution in [3.63, 3.8) is 0 Å². The summed E-state index contributed by atoms with van der Waals surface area (Å²) < 4.78 is 137. The molecule has 0 radical (unpaired) electrons. The van der Waals surface area contributed by atoms with Crippen LogP contribution in [0.4, 0.5) is 39.5 Å². The minimum atomic E-state index is -4.51. The maximum absolute atomic E-state index is 13.7. The van der Waals surface area contributed by atoms with Gasteiger partial charge in [0.05, 0.1) is 6.61 Å². The van der Waals surface area contributed by atoms with Crippen LogP contribution in [-0.4, -0.2) is 86.9 Å². The minimum absolute atomic E-state index is 0.0538. The zero-order chi connectivity index (χ0) is 26.8. The Hall–Kier alpha value is -0.870. The fraction of sp³-hybridized carbons (Fsp3) is 1.00. The summed E-state index contributed by atoms with van der Waals surface area (Å²) >= 11 is 0. The van der Waals surface area contributed by atoms with Crippen molar-refractivity contribution in [3.8, 4) is 0 Å².